The van der Waals surface area contributed by atoms with E-state index in [1.807, 2.05) is 19.0 Å². The van der Waals surface area contributed by atoms with E-state index in [2.05, 4.69) is 30.2 Å². The first-order valence-corrected chi connectivity index (χ1v) is 7.89. The first kappa shape index (κ1) is 17.4. The van der Waals surface area contributed by atoms with Crippen LogP contribution in [0.15, 0.2) is 5.57 Å². The lowest BCUT2D eigenvalue weighted by Gasteiger charge is -2.12. The molecule has 0 aromatic carbocycles. The number of rotatable bonds is 8. The third kappa shape index (κ3) is 5.40. The number of halogens is 1. The summed E-state index contributed by atoms with van der Waals surface area (Å²) in [6, 6.07) is 0. The van der Waals surface area contributed by atoms with Gasteiger partial charge >= 0.3 is 0 Å². The molecule has 1 aromatic heterocycles. The second kappa shape index (κ2) is 8.62. The van der Waals surface area contributed by atoms with Gasteiger partial charge in [0, 0.05) is 34.3 Å². The fraction of sp³-hybridized carbons (Fsp3) is 0.643. The van der Waals surface area contributed by atoms with Crippen LogP contribution in [0.4, 0.5) is 5.13 Å². The van der Waals surface area contributed by atoms with Gasteiger partial charge in [-0.15, -0.1) is 0 Å². The molecule has 6 heteroatoms. The van der Waals surface area contributed by atoms with Gasteiger partial charge in [-0.3, -0.25) is 0 Å². The van der Waals surface area contributed by atoms with E-state index in [0.29, 0.717) is 11.1 Å². The zero-order valence-electron chi connectivity index (χ0n) is 12.9. The van der Waals surface area contributed by atoms with Gasteiger partial charge in [-0.1, -0.05) is 42.4 Å². The number of aromatic nitrogens is 1. The predicted octanol–water partition coefficient (Wildman–Crippen LogP) is 3.14. The van der Waals surface area contributed by atoms with Crippen LogP contribution >= 0.6 is 22.9 Å². The van der Waals surface area contributed by atoms with Crippen molar-refractivity contribution in [2.45, 2.75) is 13.8 Å². The highest BCUT2D eigenvalue weighted by atomic mass is 35.5. The molecule has 0 spiro atoms. The summed E-state index contributed by atoms with van der Waals surface area (Å²) in [5, 5.41) is 4.88. The first-order valence-electron chi connectivity index (χ1n) is 6.69. The minimum Gasteiger partial charge on any atom is -0.383 e. The van der Waals surface area contributed by atoms with E-state index in [0.717, 1.165) is 29.7 Å². The summed E-state index contributed by atoms with van der Waals surface area (Å²) in [5.41, 5.74) is 1.32. The van der Waals surface area contributed by atoms with Crippen molar-refractivity contribution in [1.82, 2.24) is 10.3 Å². The van der Waals surface area contributed by atoms with Crippen LogP contribution in [-0.2, 0) is 4.74 Å². The number of methoxy groups -OCH3 is 1. The van der Waals surface area contributed by atoms with Crippen LogP contribution in [-0.4, -0.2) is 45.9 Å². The van der Waals surface area contributed by atoms with Crippen LogP contribution in [0.25, 0.3) is 6.08 Å². The van der Waals surface area contributed by atoms with E-state index in [-0.39, 0.29) is 0 Å². The third-order valence-electron chi connectivity index (χ3n) is 2.85. The molecule has 0 unspecified atom stereocenters. The maximum atomic E-state index is 6.21. The Hall–Kier alpha value is -0.620. The van der Waals surface area contributed by atoms with E-state index in [1.165, 1.54) is 5.57 Å². The molecule has 20 heavy (non-hydrogen) atoms. The largest absolute Gasteiger partial charge is 0.383 e. The molecule has 1 rings (SSSR count). The highest BCUT2D eigenvalue weighted by Gasteiger charge is 2.11. The van der Waals surface area contributed by atoms with E-state index in [1.54, 1.807) is 18.4 Å². The normalized spacial score (nSPS) is 12.2. The van der Waals surface area contributed by atoms with Gasteiger partial charge < -0.3 is 15.0 Å². The van der Waals surface area contributed by atoms with Gasteiger partial charge in [0.05, 0.1) is 11.5 Å². The molecule has 0 bridgehead atoms. The SMILES string of the molecule is COCCNCC(=Cc1sc(N(C)C)nc1Cl)C(C)C. The first-order chi connectivity index (χ1) is 9.45. The molecule has 0 saturated heterocycles. The number of ether oxygens (including phenoxy) is 1. The highest BCUT2D eigenvalue weighted by molar-refractivity contribution is 7.17. The van der Waals surface area contributed by atoms with Crippen molar-refractivity contribution in [3.63, 3.8) is 0 Å². The van der Waals surface area contributed by atoms with Crippen LogP contribution in [0.2, 0.25) is 5.15 Å². The molecule has 0 amide bonds. The second-order valence-corrected chi connectivity index (χ2v) is 6.46. The zero-order valence-corrected chi connectivity index (χ0v) is 14.4. The van der Waals surface area contributed by atoms with Crippen LogP contribution in [0.3, 0.4) is 0 Å². The number of hydrogen-bond donors (Lipinski definition) is 1. The third-order valence-corrected chi connectivity index (χ3v) is 4.42. The standard InChI is InChI=1S/C14H24ClN3OS/c1-10(2)11(9-16-6-7-19-5)8-12-13(15)17-14(20-12)18(3)4/h8,10,16H,6-7,9H2,1-5H3. The van der Waals surface area contributed by atoms with E-state index < -0.39 is 0 Å². The number of hydrogen-bond acceptors (Lipinski definition) is 5. The quantitative estimate of drug-likeness (QED) is 0.747. The lowest BCUT2D eigenvalue weighted by molar-refractivity contribution is 0.200. The van der Waals surface area contributed by atoms with Crippen LogP contribution in [0, 0.1) is 5.92 Å². The smallest absolute Gasteiger partial charge is 0.186 e. The van der Waals surface area contributed by atoms with Crippen LogP contribution < -0.4 is 10.2 Å². The van der Waals surface area contributed by atoms with E-state index in [9.17, 15) is 0 Å². The van der Waals surface area contributed by atoms with Gasteiger partial charge in [0.2, 0.25) is 0 Å². The Morgan fingerprint density at radius 3 is 2.70 bits per heavy atom. The summed E-state index contributed by atoms with van der Waals surface area (Å²) in [6.07, 6.45) is 2.15. The Morgan fingerprint density at radius 1 is 1.50 bits per heavy atom. The Labute approximate surface area is 130 Å². The van der Waals surface area contributed by atoms with Crippen molar-refractivity contribution in [2.75, 3.05) is 45.8 Å². The van der Waals surface area contributed by atoms with Gasteiger partial charge in [-0.05, 0) is 12.0 Å². The lowest BCUT2D eigenvalue weighted by Crippen LogP contribution is -2.23. The van der Waals surface area contributed by atoms with Crippen molar-refractivity contribution in [3.8, 4) is 0 Å². The molecule has 4 nitrogen and oxygen atoms in total. The molecular formula is C14H24ClN3OS. The minimum absolute atomic E-state index is 0.464. The molecule has 1 N–H and O–H groups in total. The molecule has 0 atom stereocenters. The van der Waals surface area contributed by atoms with Crippen molar-refractivity contribution in [2.24, 2.45) is 5.92 Å². The van der Waals surface area contributed by atoms with Gasteiger partial charge in [0.25, 0.3) is 0 Å². The Balaban J connectivity index is 2.79. The predicted molar refractivity (Wildman–Crippen MR) is 89.0 cm³/mol. The number of thiazole rings is 1. The van der Waals surface area contributed by atoms with Crippen LogP contribution in [0.5, 0.6) is 0 Å². The number of nitrogens with zero attached hydrogens (tertiary/aromatic N) is 2. The van der Waals surface area contributed by atoms with Gasteiger partial charge in [-0.2, -0.15) is 0 Å². The van der Waals surface area contributed by atoms with Gasteiger partial charge in [0.15, 0.2) is 5.13 Å². The molecule has 0 radical (unpaired) electrons. The molecule has 0 aliphatic heterocycles. The summed E-state index contributed by atoms with van der Waals surface area (Å²) >= 11 is 7.82. The number of nitrogens with one attached hydrogen (secondary N) is 1. The van der Waals surface area contributed by atoms with Gasteiger partial charge in [-0.25, -0.2) is 4.98 Å². The Kier molecular flexibility index (Phi) is 7.51. The van der Waals surface area contributed by atoms with E-state index >= 15 is 0 Å². The highest BCUT2D eigenvalue weighted by Crippen LogP contribution is 2.31. The van der Waals surface area contributed by atoms with Crippen molar-refractivity contribution in [3.05, 3.63) is 15.6 Å². The average molecular weight is 318 g/mol. The summed E-state index contributed by atoms with van der Waals surface area (Å²) in [4.78, 5) is 7.35. The van der Waals surface area contributed by atoms with Crippen molar-refractivity contribution >= 4 is 34.1 Å². The van der Waals surface area contributed by atoms with Crippen molar-refractivity contribution < 1.29 is 4.74 Å². The molecular weight excluding hydrogens is 294 g/mol. The van der Waals surface area contributed by atoms with E-state index in [4.69, 9.17) is 16.3 Å². The molecule has 1 aromatic rings. The number of anilines is 1. The maximum Gasteiger partial charge on any atom is 0.186 e. The average Bonchev–Trinajstić information content (AvgIpc) is 2.74. The fourth-order valence-corrected chi connectivity index (χ4v) is 2.74. The maximum absolute atomic E-state index is 6.21. The summed E-state index contributed by atoms with van der Waals surface area (Å²) in [7, 11) is 5.65. The summed E-state index contributed by atoms with van der Waals surface area (Å²) < 4.78 is 5.03. The molecule has 0 aliphatic rings. The van der Waals surface area contributed by atoms with Crippen molar-refractivity contribution in [1.29, 1.82) is 0 Å². The van der Waals surface area contributed by atoms with Gasteiger partial charge in [0.1, 0.15) is 5.15 Å². The molecule has 0 aliphatic carbocycles. The lowest BCUT2D eigenvalue weighted by atomic mass is 10.0. The molecule has 114 valence electrons. The minimum atomic E-state index is 0.464. The topological polar surface area (TPSA) is 37.4 Å². The molecule has 0 fully saturated rings. The summed E-state index contributed by atoms with van der Waals surface area (Å²) in [6.45, 7) is 6.78. The molecule has 1 heterocycles. The second-order valence-electron chi connectivity index (χ2n) is 5.09. The fourth-order valence-electron chi connectivity index (χ4n) is 1.58. The Morgan fingerprint density at radius 2 is 2.20 bits per heavy atom. The summed E-state index contributed by atoms with van der Waals surface area (Å²) in [5.74, 6) is 0.464. The zero-order chi connectivity index (χ0) is 15.1. The molecule has 0 saturated carbocycles. The van der Waals surface area contributed by atoms with Crippen LogP contribution in [0.1, 0.15) is 18.7 Å². The Bertz CT molecular complexity index is 444. The monoisotopic (exact) mass is 317 g/mol.